The molecule has 1 heterocycles. The summed E-state index contributed by atoms with van der Waals surface area (Å²) in [6, 6.07) is 14.0. The van der Waals surface area contributed by atoms with E-state index in [2.05, 4.69) is 0 Å². The Kier molecular flexibility index (Phi) is 5.59. The van der Waals surface area contributed by atoms with Crippen molar-refractivity contribution in [2.24, 2.45) is 14.1 Å². The first-order valence-electron chi connectivity index (χ1n) is 9.02. The Hall–Kier alpha value is -4.07. The van der Waals surface area contributed by atoms with Gasteiger partial charge in [0.25, 0.3) is 11.5 Å². The SMILES string of the molecule is CN(C(=O)c1ccccc1C(=O)C(=O)c1ccccc1)c1cn(C)c(=O)n(C)c1=O. The summed E-state index contributed by atoms with van der Waals surface area (Å²) in [4.78, 5) is 63.9. The summed E-state index contributed by atoms with van der Waals surface area (Å²) in [5.41, 5.74) is -1.10. The van der Waals surface area contributed by atoms with E-state index in [9.17, 15) is 24.0 Å². The standard InChI is InChI=1S/C22H19N3O5/c1-23-13-17(21(29)25(3)22(23)30)24(2)20(28)16-12-8-7-11-15(16)19(27)18(26)14-9-5-4-6-10-14/h4-13H,1-3H3. The van der Waals surface area contributed by atoms with Gasteiger partial charge in [0, 0.05) is 38.5 Å². The van der Waals surface area contributed by atoms with Crippen LogP contribution in [0, 0.1) is 0 Å². The highest BCUT2D eigenvalue weighted by Gasteiger charge is 2.26. The maximum absolute atomic E-state index is 13.1. The molecule has 2 aromatic carbocycles. The number of Topliss-reactive ketones (excluding diaryl/α,β-unsaturated/α-hetero) is 2. The number of amides is 1. The van der Waals surface area contributed by atoms with E-state index in [1.165, 1.54) is 56.2 Å². The fourth-order valence-corrected chi connectivity index (χ4v) is 3.02. The number of rotatable bonds is 5. The summed E-state index contributed by atoms with van der Waals surface area (Å²) >= 11 is 0. The topological polar surface area (TPSA) is 98.4 Å². The van der Waals surface area contributed by atoms with E-state index in [4.69, 9.17) is 0 Å². The molecule has 1 amide bonds. The van der Waals surface area contributed by atoms with E-state index in [0.717, 1.165) is 9.47 Å². The van der Waals surface area contributed by atoms with E-state index in [1.54, 1.807) is 30.3 Å². The third-order valence-corrected chi connectivity index (χ3v) is 4.74. The van der Waals surface area contributed by atoms with Crippen LogP contribution < -0.4 is 16.1 Å². The number of hydrogen-bond donors (Lipinski definition) is 0. The molecule has 152 valence electrons. The highest BCUT2D eigenvalue weighted by atomic mass is 16.2. The van der Waals surface area contributed by atoms with Crippen LogP contribution in [0.4, 0.5) is 5.69 Å². The molecule has 30 heavy (non-hydrogen) atoms. The van der Waals surface area contributed by atoms with Crippen molar-refractivity contribution in [3.05, 3.63) is 98.3 Å². The molecule has 1 aromatic heterocycles. The molecule has 0 atom stereocenters. The van der Waals surface area contributed by atoms with Crippen LogP contribution in [0.2, 0.25) is 0 Å². The first kappa shape index (κ1) is 20.7. The van der Waals surface area contributed by atoms with Gasteiger partial charge in [0.05, 0.1) is 5.56 Å². The van der Waals surface area contributed by atoms with Crippen molar-refractivity contribution in [3.8, 4) is 0 Å². The van der Waals surface area contributed by atoms with Crippen molar-refractivity contribution in [1.29, 1.82) is 0 Å². The molecule has 0 aliphatic heterocycles. The first-order chi connectivity index (χ1) is 14.2. The van der Waals surface area contributed by atoms with E-state index < -0.39 is 28.7 Å². The van der Waals surface area contributed by atoms with Crippen LogP contribution in [0.3, 0.4) is 0 Å². The summed E-state index contributed by atoms with van der Waals surface area (Å²) in [6.45, 7) is 0. The second-order valence-electron chi connectivity index (χ2n) is 6.71. The second-order valence-corrected chi connectivity index (χ2v) is 6.71. The molecule has 0 N–H and O–H groups in total. The van der Waals surface area contributed by atoms with Crippen molar-refractivity contribution in [1.82, 2.24) is 9.13 Å². The Morgan fingerprint density at radius 2 is 1.37 bits per heavy atom. The Balaban J connectivity index is 2.03. The van der Waals surface area contributed by atoms with Crippen molar-refractivity contribution >= 4 is 23.2 Å². The quantitative estimate of drug-likeness (QED) is 0.472. The Morgan fingerprint density at radius 1 is 0.800 bits per heavy atom. The molecule has 8 heteroatoms. The van der Waals surface area contributed by atoms with Gasteiger partial charge in [-0.2, -0.15) is 0 Å². The van der Waals surface area contributed by atoms with Crippen LogP contribution in [0.15, 0.2) is 70.4 Å². The number of hydrogen-bond acceptors (Lipinski definition) is 5. The normalized spacial score (nSPS) is 10.5. The minimum absolute atomic E-state index is 0.0230. The number of aryl methyl sites for hydroxylation is 1. The summed E-state index contributed by atoms with van der Waals surface area (Å²) in [5.74, 6) is -2.22. The van der Waals surface area contributed by atoms with Crippen LogP contribution in [0.1, 0.15) is 31.1 Å². The minimum atomic E-state index is -0.827. The van der Waals surface area contributed by atoms with Crippen molar-refractivity contribution in [2.45, 2.75) is 0 Å². The van der Waals surface area contributed by atoms with Crippen molar-refractivity contribution < 1.29 is 14.4 Å². The molecular formula is C22H19N3O5. The highest BCUT2D eigenvalue weighted by Crippen LogP contribution is 2.17. The van der Waals surface area contributed by atoms with Crippen LogP contribution in [-0.4, -0.2) is 33.7 Å². The zero-order valence-corrected chi connectivity index (χ0v) is 16.7. The van der Waals surface area contributed by atoms with Crippen LogP contribution in [0.5, 0.6) is 0 Å². The monoisotopic (exact) mass is 405 g/mol. The number of anilines is 1. The zero-order valence-electron chi connectivity index (χ0n) is 16.7. The highest BCUT2D eigenvalue weighted by molar-refractivity contribution is 6.50. The number of nitrogens with zero attached hydrogens (tertiary/aromatic N) is 3. The van der Waals surface area contributed by atoms with E-state index in [1.807, 2.05) is 0 Å². The molecule has 3 rings (SSSR count). The Labute approximate surface area is 171 Å². The predicted molar refractivity (Wildman–Crippen MR) is 111 cm³/mol. The Bertz CT molecular complexity index is 1270. The van der Waals surface area contributed by atoms with Gasteiger partial charge < -0.3 is 9.47 Å². The number of ketones is 2. The summed E-state index contributed by atoms with van der Waals surface area (Å²) in [7, 11) is 4.13. The van der Waals surface area contributed by atoms with E-state index in [0.29, 0.717) is 0 Å². The van der Waals surface area contributed by atoms with Gasteiger partial charge in [-0.05, 0) is 6.07 Å². The maximum atomic E-state index is 13.1. The van der Waals surface area contributed by atoms with Crippen LogP contribution in [-0.2, 0) is 14.1 Å². The van der Waals surface area contributed by atoms with Crippen molar-refractivity contribution in [2.75, 3.05) is 11.9 Å². The van der Waals surface area contributed by atoms with Crippen LogP contribution >= 0.6 is 0 Å². The lowest BCUT2D eigenvalue weighted by Gasteiger charge is -2.19. The van der Waals surface area contributed by atoms with Gasteiger partial charge in [-0.1, -0.05) is 48.5 Å². The lowest BCUT2D eigenvalue weighted by Crippen LogP contribution is -2.41. The average Bonchev–Trinajstić information content (AvgIpc) is 2.78. The van der Waals surface area contributed by atoms with Gasteiger partial charge in [0.15, 0.2) is 0 Å². The smallest absolute Gasteiger partial charge is 0.305 e. The summed E-state index contributed by atoms with van der Waals surface area (Å²) in [5, 5.41) is 0. The number of aromatic nitrogens is 2. The molecule has 0 aliphatic carbocycles. The summed E-state index contributed by atoms with van der Waals surface area (Å²) in [6.07, 6.45) is 1.25. The molecule has 0 saturated carbocycles. The number of carbonyl (C=O) groups excluding carboxylic acids is 3. The predicted octanol–water partition coefficient (Wildman–Crippen LogP) is 1.43. The molecule has 0 saturated heterocycles. The number of carbonyl (C=O) groups is 3. The molecule has 0 radical (unpaired) electrons. The first-order valence-corrected chi connectivity index (χ1v) is 9.02. The largest absolute Gasteiger partial charge is 0.330 e. The van der Waals surface area contributed by atoms with E-state index >= 15 is 0 Å². The second kappa shape index (κ2) is 8.12. The van der Waals surface area contributed by atoms with Gasteiger partial charge in [0.2, 0.25) is 11.6 Å². The molecule has 0 unspecified atom stereocenters. The van der Waals surface area contributed by atoms with E-state index in [-0.39, 0.29) is 22.4 Å². The van der Waals surface area contributed by atoms with Crippen LogP contribution in [0.25, 0.3) is 0 Å². The lowest BCUT2D eigenvalue weighted by molar-refractivity contribution is 0.0814. The third kappa shape index (κ3) is 3.62. The average molecular weight is 405 g/mol. The third-order valence-electron chi connectivity index (χ3n) is 4.74. The molecule has 8 nitrogen and oxygen atoms in total. The van der Waals surface area contributed by atoms with Gasteiger partial charge in [-0.25, -0.2) is 4.79 Å². The van der Waals surface area contributed by atoms with Gasteiger partial charge >= 0.3 is 5.69 Å². The van der Waals surface area contributed by atoms with Crippen molar-refractivity contribution in [3.63, 3.8) is 0 Å². The van der Waals surface area contributed by atoms with Gasteiger partial charge in [-0.3, -0.25) is 23.7 Å². The number of benzene rings is 2. The van der Waals surface area contributed by atoms with Gasteiger partial charge in [-0.15, -0.1) is 0 Å². The fourth-order valence-electron chi connectivity index (χ4n) is 3.02. The van der Waals surface area contributed by atoms with Gasteiger partial charge in [0.1, 0.15) is 5.69 Å². The molecular weight excluding hydrogens is 386 g/mol. The zero-order chi connectivity index (χ0) is 22.0. The fraction of sp³-hybridized carbons (Fsp3) is 0.136. The Morgan fingerprint density at radius 3 is 2.00 bits per heavy atom. The molecule has 0 spiro atoms. The minimum Gasteiger partial charge on any atom is -0.305 e. The molecule has 0 fully saturated rings. The molecule has 0 aliphatic rings. The molecule has 0 bridgehead atoms. The maximum Gasteiger partial charge on any atom is 0.330 e. The molecule has 3 aromatic rings. The lowest BCUT2D eigenvalue weighted by atomic mass is 9.96. The summed E-state index contributed by atoms with van der Waals surface area (Å²) < 4.78 is 2.06.